The van der Waals surface area contributed by atoms with Crippen LogP contribution in [0.4, 0.5) is 13.2 Å². The molecule has 0 fully saturated rings. The van der Waals surface area contributed by atoms with Crippen LogP contribution >= 0.6 is 22.6 Å². The second kappa shape index (κ2) is 5.35. The summed E-state index contributed by atoms with van der Waals surface area (Å²) in [6.45, 7) is 2.54. The summed E-state index contributed by atoms with van der Waals surface area (Å²) in [7, 11) is 0. The molecule has 1 rings (SSSR count). The Balaban J connectivity index is 2.54. The molecule has 16 heavy (non-hydrogen) atoms. The smallest absolute Gasteiger partial charge is 0.366 e. The predicted octanol–water partition coefficient (Wildman–Crippen LogP) is 3.15. The van der Waals surface area contributed by atoms with Crippen molar-refractivity contribution >= 4 is 22.6 Å². The Hall–Kier alpha value is -0.310. The molecule has 0 aromatic carbocycles. The lowest BCUT2D eigenvalue weighted by Gasteiger charge is -2.06. The van der Waals surface area contributed by atoms with Crippen molar-refractivity contribution in [2.45, 2.75) is 32.7 Å². The van der Waals surface area contributed by atoms with Crippen molar-refractivity contribution in [1.82, 2.24) is 9.78 Å². The van der Waals surface area contributed by atoms with E-state index in [0.29, 0.717) is 5.69 Å². The van der Waals surface area contributed by atoms with Gasteiger partial charge in [0.05, 0.1) is 10.2 Å². The Kier molecular flexibility index (Phi) is 4.60. The van der Waals surface area contributed by atoms with Gasteiger partial charge in [0.15, 0.2) is 0 Å². The molecule has 0 N–H and O–H groups in total. The Bertz CT molecular complexity index is 349. The van der Waals surface area contributed by atoms with Gasteiger partial charge in [-0.3, -0.25) is 4.68 Å². The zero-order valence-corrected chi connectivity index (χ0v) is 11.0. The number of rotatable bonds is 4. The normalized spacial score (nSPS) is 12.4. The van der Waals surface area contributed by atoms with E-state index in [2.05, 4.69) is 9.84 Å². The van der Waals surface area contributed by atoms with Crippen molar-refractivity contribution in [2.75, 3.05) is 6.61 Å². The van der Waals surface area contributed by atoms with Gasteiger partial charge in [0, 0.05) is 12.2 Å². The largest absolute Gasteiger partial charge is 0.411 e. The third-order valence-corrected chi connectivity index (χ3v) is 2.69. The average molecular weight is 348 g/mol. The summed E-state index contributed by atoms with van der Waals surface area (Å²) in [5.74, 6) is 0. The number of aromatic nitrogens is 2. The lowest BCUT2D eigenvalue weighted by molar-refractivity contribution is -0.176. The van der Waals surface area contributed by atoms with E-state index in [1.54, 1.807) is 10.9 Å². The second-order valence-corrected chi connectivity index (χ2v) is 4.77. The average Bonchev–Trinajstić information content (AvgIpc) is 2.46. The van der Waals surface area contributed by atoms with Gasteiger partial charge in [0.1, 0.15) is 12.3 Å². The Morgan fingerprint density at radius 1 is 1.50 bits per heavy atom. The van der Waals surface area contributed by atoms with Crippen molar-refractivity contribution in [3.05, 3.63) is 15.5 Å². The van der Waals surface area contributed by atoms with Crippen molar-refractivity contribution in [3.8, 4) is 0 Å². The van der Waals surface area contributed by atoms with Crippen LogP contribution in [0.25, 0.3) is 0 Å². The van der Waals surface area contributed by atoms with Crippen LogP contribution < -0.4 is 0 Å². The number of hydrogen-bond acceptors (Lipinski definition) is 2. The van der Waals surface area contributed by atoms with Crippen LogP contribution in [0.1, 0.15) is 25.6 Å². The van der Waals surface area contributed by atoms with Gasteiger partial charge in [-0.2, -0.15) is 18.3 Å². The van der Waals surface area contributed by atoms with E-state index in [-0.39, 0.29) is 12.6 Å². The maximum atomic E-state index is 11.8. The highest BCUT2D eigenvalue weighted by atomic mass is 127. The highest BCUT2D eigenvalue weighted by Crippen LogP contribution is 2.18. The van der Waals surface area contributed by atoms with Gasteiger partial charge in [-0.25, -0.2) is 0 Å². The van der Waals surface area contributed by atoms with E-state index in [0.717, 1.165) is 3.57 Å². The van der Waals surface area contributed by atoms with E-state index in [1.165, 1.54) is 0 Å². The Labute approximate surface area is 105 Å². The van der Waals surface area contributed by atoms with E-state index < -0.39 is 12.8 Å². The molecule has 1 aromatic rings. The number of ether oxygens (including phenoxy) is 1. The zero-order chi connectivity index (χ0) is 12.3. The topological polar surface area (TPSA) is 27.1 Å². The fourth-order valence-corrected chi connectivity index (χ4v) is 1.58. The summed E-state index contributed by atoms with van der Waals surface area (Å²) in [6.07, 6.45) is -2.50. The summed E-state index contributed by atoms with van der Waals surface area (Å²) in [6, 6.07) is 0.185. The summed E-state index contributed by atoms with van der Waals surface area (Å²) in [5, 5.41) is 4.15. The zero-order valence-electron chi connectivity index (χ0n) is 8.88. The molecule has 92 valence electrons. The van der Waals surface area contributed by atoms with Crippen LogP contribution in [-0.2, 0) is 11.3 Å². The molecule has 0 saturated carbocycles. The van der Waals surface area contributed by atoms with E-state index in [9.17, 15) is 13.2 Å². The summed E-state index contributed by atoms with van der Waals surface area (Å²) in [5.41, 5.74) is 0.540. The molecule has 0 amide bonds. The molecule has 0 bridgehead atoms. The first-order valence-electron chi connectivity index (χ1n) is 4.67. The molecule has 7 heteroatoms. The molecule has 3 nitrogen and oxygen atoms in total. The monoisotopic (exact) mass is 348 g/mol. The SMILES string of the molecule is CC(C)n1cc(I)c(COCC(F)(F)F)n1. The summed E-state index contributed by atoms with van der Waals surface area (Å²) < 4.78 is 42.6. The van der Waals surface area contributed by atoms with Crippen molar-refractivity contribution < 1.29 is 17.9 Å². The maximum Gasteiger partial charge on any atom is 0.411 e. The van der Waals surface area contributed by atoms with Crippen LogP contribution in [0.5, 0.6) is 0 Å². The van der Waals surface area contributed by atoms with Crippen LogP contribution in [0, 0.1) is 3.57 Å². The standard InChI is InChI=1S/C9H12F3IN2O/c1-6(2)15-3-7(13)8(14-15)4-16-5-9(10,11)12/h3,6H,4-5H2,1-2H3. The number of halogens is 4. The first kappa shape index (κ1) is 13.8. The third-order valence-electron chi connectivity index (χ3n) is 1.79. The van der Waals surface area contributed by atoms with Gasteiger partial charge in [0.2, 0.25) is 0 Å². The molecule has 0 spiro atoms. The fourth-order valence-electron chi connectivity index (χ4n) is 1.03. The first-order chi connectivity index (χ1) is 7.29. The van der Waals surface area contributed by atoms with Crippen molar-refractivity contribution in [3.63, 3.8) is 0 Å². The predicted molar refractivity (Wildman–Crippen MR) is 61.0 cm³/mol. The molecule has 0 atom stereocenters. The lowest BCUT2D eigenvalue weighted by atomic mass is 10.4. The van der Waals surface area contributed by atoms with E-state index >= 15 is 0 Å². The van der Waals surface area contributed by atoms with Crippen LogP contribution in [0.2, 0.25) is 0 Å². The lowest BCUT2D eigenvalue weighted by Crippen LogP contribution is -2.17. The molecule has 0 radical (unpaired) electrons. The van der Waals surface area contributed by atoms with Crippen LogP contribution in [-0.4, -0.2) is 22.6 Å². The molecule has 1 aromatic heterocycles. The van der Waals surface area contributed by atoms with Crippen LogP contribution in [0.3, 0.4) is 0 Å². The Morgan fingerprint density at radius 3 is 2.56 bits per heavy atom. The van der Waals surface area contributed by atoms with Gasteiger partial charge in [0.25, 0.3) is 0 Å². The van der Waals surface area contributed by atoms with E-state index in [1.807, 2.05) is 36.4 Å². The molecular weight excluding hydrogens is 336 g/mol. The van der Waals surface area contributed by atoms with Gasteiger partial charge < -0.3 is 4.74 Å². The third kappa shape index (κ3) is 4.28. The second-order valence-electron chi connectivity index (χ2n) is 3.61. The highest BCUT2D eigenvalue weighted by Gasteiger charge is 2.27. The molecule has 0 unspecified atom stereocenters. The van der Waals surface area contributed by atoms with Crippen molar-refractivity contribution in [2.24, 2.45) is 0 Å². The van der Waals surface area contributed by atoms with E-state index in [4.69, 9.17) is 0 Å². The maximum absolute atomic E-state index is 11.8. The molecule has 0 aliphatic carbocycles. The molecular formula is C9H12F3IN2O. The molecule has 0 aliphatic heterocycles. The number of nitrogens with zero attached hydrogens (tertiary/aromatic N) is 2. The minimum Gasteiger partial charge on any atom is -0.366 e. The van der Waals surface area contributed by atoms with Gasteiger partial charge in [-0.15, -0.1) is 0 Å². The molecule has 0 aliphatic rings. The number of alkyl halides is 3. The van der Waals surface area contributed by atoms with Crippen LogP contribution in [0.15, 0.2) is 6.20 Å². The summed E-state index contributed by atoms with van der Waals surface area (Å²) >= 11 is 2.03. The fraction of sp³-hybridized carbons (Fsp3) is 0.667. The first-order valence-corrected chi connectivity index (χ1v) is 5.75. The summed E-state index contributed by atoms with van der Waals surface area (Å²) in [4.78, 5) is 0. The van der Waals surface area contributed by atoms with Gasteiger partial charge in [-0.1, -0.05) is 0 Å². The van der Waals surface area contributed by atoms with Gasteiger partial charge >= 0.3 is 6.18 Å². The number of hydrogen-bond donors (Lipinski definition) is 0. The minimum atomic E-state index is -4.29. The van der Waals surface area contributed by atoms with Crippen molar-refractivity contribution in [1.29, 1.82) is 0 Å². The van der Waals surface area contributed by atoms with Gasteiger partial charge in [-0.05, 0) is 36.4 Å². The molecule has 0 saturated heterocycles. The quantitative estimate of drug-likeness (QED) is 0.782. The molecule has 1 heterocycles. The Morgan fingerprint density at radius 2 is 2.12 bits per heavy atom. The highest BCUT2D eigenvalue weighted by molar-refractivity contribution is 14.1. The minimum absolute atomic E-state index is 0.114.